The lowest BCUT2D eigenvalue weighted by molar-refractivity contribution is -0.117. The summed E-state index contributed by atoms with van der Waals surface area (Å²) >= 11 is 1.41. The number of aromatic amines is 1. The average molecular weight is 589 g/mol. The fourth-order valence-electron chi connectivity index (χ4n) is 4.85. The number of aliphatic hydroxyl groups excluding tert-OH is 1. The van der Waals surface area contributed by atoms with Gasteiger partial charge in [0.05, 0.1) is 13.2 Å². The van der Waals surface area contributed by atoms with Crippen LogP contribution in [0, 0.1) is 12.7 Å². The normalized spacial score (nSPS) is 17.0. The van der Waals surface area contributed by atoms with Crippen molar-refractivity contribution in [3.63, 3.8) is 0 Å². The number of nitrogens with zero attached hydrogens (tertiary/aromatic N) is 5. The molecule has 1 fully saturated rings. The second kappa shape index (κ2) is 12.2. The first kappa shape index (κ1) is 27.7. The Morgan fingerprint density at radius 2 is 1.98 bits per heavy atom. The number of likely N-dealkylation sites (tertiary alicyclic amines) is 1. The maximum atomic E-state index is 13.2. The number of hydrogen-bond donors (Lipinski definition) is 4. The van der Waals surface area contributed by atoms with E-state index in [2.05, 4.69) is 30.8 Å². The van der Waals surface area contributed by atoms with E-state index in [9.17, 15) is 14.3 Å². The van der Waals surface area contributed by atoms with Crippen LogP contribution in [0.15, 0.2) is 83.0 Å². The van der Waals surface area contributed by atoms with Gasteiger partial charge >= 0.3 is 0 Å². The van der Waals surface area contributed by atoms with Gasteiger partial charge in [-0.25, -0.2) is 9.37 Å². The minimum atomic E-state index is -0.332. The summed E-state index contributed by atoms with van der Waals surface area (Å²) in [7, 11) is 0. The summed E-state index contributed by atoms with van der Waals surface area (Å²) in [5.41, 5.74) is 2.34. The van der Waals surface area contributed by atoms with E-state index in [4.69, 9.17) is 4.74 Å². The number of hydrogen-bond acceptors (Lipinski definition) is 9. The molecular weight excluding hydrogens is 559 g/mol. The van der Waals surface area contributed by atoms with Crippen LogP contribution in [0.25, 0.3) is 5.65 Å². The molecule has 3 aromatic heterocycles. The third-order valence-electron chi connectivity index (χ3n) is 6.82. The highest BCUT2D eigenvalue weighted by molar-refractivity contribution is 7.99. The first-order valence-corrected chi connectivity index (χ1v) is 14.2. The van der Waals surface area contributed by atoms with E-state index >= 15 is 0 Å². The number of anilines is 3. The van der Waals surface area contributed by atoms with Gasteiger partial charge in [-0.15, -0.1) is 0 Å². The van der Waals surface area contributed by atoms with Gasteiger partial charge in [-0.05, 0) is 79.3 Å². The van der Waals surface area contributed by atoms with Crippen molar-refractivity contribution < 1.29 is 19.0 Å². The Bertz CT molecular complexity index is 1670. The largest absolute Gasteiger partial charge is 0.489 e. The second-order valence-electron chi connectivity index (χ2n) is 10.00. The smallest absolute Gasteiger partial charge is 0.238 e. The average Bonchev–Trinajstić information content (AvgIpc) is 3.71. The molecule has 0 aliphatic carbocycles. The zero-order chi connectivity index (χ0) is 29.1. The second-order valence-corrected chi connectivity index (χ2v) is 11.0. The van der Waals surface area contributed by atoms with Crippen LogP contribution in [0.1, 0.15) is 12.1 Å². The lowest BCUT2D eigenvalue weighted by Gasteiger charge is -2.21. The molecule has 2 aromatic carbocycles. The fourth-order valence-corrected chi connectivity index (χ4v) is 5.60. The summed E-state index contributed by atoms with van der Waals surface area (Å²) < 4.78 is 21.0. The third kappa shape index (κ3) is 6.54. The summed E-state index contributed by atoms with van der Waals surface area (Å²) in [6.45, 7) is 2.44. The molecule has 0 radical (unpaired) electrons. The molecule has 1 amide bonds. The lowest BCUT2D eigenvalue weighted by Crippen LogP contribution is -2.39. The maximum absolute atomic E-state index is 13.2. The number of ether oxygens (including phenoxy) is 1. The molecule has 2 unspecified atom stereocenters. The first-order chi connectivity index (χ1) is 20.4. The lowest BCUT2D eigenvalue weighted by atomic mass is 10.2. The first-order valence-electron chi connectivity index (χ1n) is 13.4. The van der Waals surface area contributed by atoms with Crippen molar-refractivity contribution in [2.75, 3.05) is 30.3 Å². The van der Waals surface area contributed by atoms with Crippen molar-refractivity contribution in [3.05, 3.63) is 84.4 Å². The number of halogens is 1. The summed E-state index contributed by atoms with van der Waals surface area (Å²) in [6.07, 6.45) is 2.25. The molecule has 1 saturated heterocycles. The zero-order valence-electron chi connectivity index (χ0n) is 22.7. The van der Waals surface area contributed by atoms with Crippen molar-refractivity contribution in [2.24, 2.45) is 0 Å². The molecule has 0 spiro atoms. The van der Waals surface area contributed by atoms with Gasteiger partial charge in [0.25, 0.3) is 0 Å². The van der Waals surface area contributed by atoms with E-state index in [0.29, 0.717) is 41.3 Å². The summed E-state index contributed by atoms with van der Waals surface area (Å²) in [5, 5.41) is 23.7. The molecule has 4 N–H and O–H groups in total. The summed E-state index contributed by atoms with van der Waals surface area (Å²) in [6, 6.07) is 18.8. The van der Waals surface area contributed by atoms with E-state index in [-0.39, 0.29) is 37.0 Å². The van der Waals surface area contributed by atoms with Gasteiger partial charge in [0, 0.05) is 47.5 Å². The van der Waals surface area contributed by atoms with E-state index < -0.39 is 0 Å². The number of aromatic nitrogens is 5. The van der Waals surface area contributed by atoms with Crippen molar-refractivity contribution in [1.29, 1.82) is 0 Å². The van der Waals surface area contributed by atoms with Crippen molar-refractivity contribution in [3.8, 4) is 5.75 Å². The minimum Gasteiger partial charge on any atom is -0.489 e. The number of aliphatic hydroxyl groups is 1. The van der Waals surface area contributed by atoms with Crippen molar-refractivity contribution >= 4 is 40.8 Å². The fraction of sp³-hybridized carbons (Fsp3) is 0.241. The highest BCUT2D eigenvalue weighted by Gasteiger charge is 2.34. The number of carbonyl (C=O) groups excluding carboxylic acids is 1. The Morgan fingerprint density at radius 3 is 2.71 bits per heavy atom. The number of H-pyrrole nitrogens is 1. The van der Waals surface area contributed by atoms with Gasteiger partial charge in [0.15, 0.2) is 11.0 Å². The number of fused-ring (bicyclic) bond motifs is 1. The predicted octanol–water partition coefficient (Wildman–Crippen LogP) is 4.25. The number of nitrogens with one attached hydrogen (secondary N) is 3. The molecule has 1 aliphatic heterocycles. The Labute approximate surface area is 245 Å². The van der Waals surface area contributed by atoms with Crippen LogP contribution in [0.4, 0.5) is 21.8 Å². The number of benzene rings is 2. The molecule has 42 heavy (non-hydrogen) atoms. The number of amides is 1. The quantitative estimate of drug-likeness (QED) is 0.189. The van der Waals surface area contributed by atoms with Gasteiger partial charge in [0.2, 0.25) is 11.9 Å². The highest BCUT2D eigenvalue weighted by Crippen LogP contribution is 2.29. The molecule has 5 aromatic rings. The van der Waals surface area contributed by atoms with Gasteiger partial charge in [0.1, 0.15) is 23.3 Å². The Kier molecular flexibility index (Phi) is 8.04. The molecule has 1 aliphatic rings. The van der Waals surface area contributed by atoms with Crippen LogP contribution in [0.5, 0.6) is 5.75 Å². The molecule has 4 heterocycles. The standard InChI is InChI=1S/C29H29FN8O3S/c1-18-13-25(36-35-18)32-28-34-29(33-26-3-2-12-38(26)28)42-24-10-6-20(7-11-24)31-27(40)16-37-15-23(14-21(37)17-39)41-22-8-4-19(30)5-9-22/h2-13,21,23,39H,14-17H2,1H3,(H,31,40)(H2,32,33,34,35,36). The van der Waals surface area contributed by atoms with Gasteiger partial charge in [-0.3, -0.25) is 19.2 Å². The number of aryl methyl sites for hydroxylation is 1. The molecule has 0 bridgehead atoms. The van der Waals surface area contributed by atoms with Crippen LogP contribution < -0.4 is 15.4 Å². The van der Waals surface area contributed by atoms with Gasteiger partial charge in [-0.1, -0.05) is 0 Å². The van der Waals surface area contributed by atoms with Gasteiger partial charge in [-0.2, -0.15) is 10.1 Å². The molecule has 6 rings (SSSR count). The minimum absolute atomic E-state index is 0.0852. The van der Waals surface area contributed by atoms with E-state index in [1.54, 1.807) is 12.1 Å². The maximum Gasteiger partial charge on any atom is 0.238 e. The third-order valence-corrected chi connectivity index (χ3v) is 7.70. The molecule has 11 nitrogen and oxygen atoms in total. The predicted molar refractivity (Wildman–Crippen MR) is 157 cm³/mol. The molecule has 2 atom stereocenters. The van der Waals surface area contributed by atoms with E-state index in [1.807, 2.05) is 64.9 Å². The summed E-state index contributed by atoms with van der Waals surface area (Å²) in [4.78, 5) is 25.0. The molecule has 13 heteroatoms. The van der Waals surface area contributed by atoms with Gasteiger partial charge < -0.3 is 20.5 Å². The molecular formula is C29H29FN8O3S. The SMILES string of the molecule is Cc1cc(Nc2nc(Sc3ccc(NC(=O)CN4CC(Oc5ccc(F)cc5)CC4CO)cc3)nc3cccn23)n[nH]1. The van der Waals surface area contributed by atoms with E-state index in [0.717, 1.165) is 16.2 Å². The Morgan fingerprint density at radius 1 is 1.17 bits per heavy atom. The molecule has 216 valence electrons. The number of rotatable bonds is 10. The highest BCUT2D eigenvalue weighted by atomic mass is 32.2. The Hall–Kier alpha value is -4.46. The van der Waals surface area contributed by atoms with E-state index in [1.165, 1.54) is 23.9 Å². The number of carbonyl (C=O) groups is 1. The monoisotopic (exact) mass is 588 g/mol. The Balaban J connectivity index is 1.06. The van der Waals surface area contributed by atoms with Crippen LogP contribution >= 0.6 is 11.8 Å². The van der Waals surface area contributed by atoms with Crippen LogP contribution in [-0.2, 0) is 4.79 Å². The topological polar surface area (TPSA) is 133 Å². The van der Waals surface area contributed by atoms with Crippen LogP contribution in [0.3, 0.4) is 0 Å². The van der Waals surface area contributed by atoms with Crippen molar-refractivity contribution in [2.45, 2.75) is 35.5 Å². The van der Waals surface area contributed by atoms with Crippen molar-refractivity contribution in [1.82, 2.24) is 29.5 Å². The van der Waals surface area contributed by atoms with Crippen LogP contribution in [0.2, 0.25) is 0 Å². The summed E-state index contributed by atoms with van der Waals surface area (Å²) in [5.74, 6) is 1.29. The zero-order valence-corrected chi connectivity index (χ0v) is 23.5. The van der Waals surface area contributed by atoms with Crippen LogP contribution in [-0.4, -0.2) is 72.3 Å². The molecule has 0 saturated carbocycles.